The van der Waals surface area contributed by atoms with Gasteiger partial charge in [0.2, 0.25) is 0 Å². The molecule has 0 aliphatic carbocycles. The van der Waals surface area contributed by atoms with Crippen LogP contribution in [-0.4, -0.2) is 29.6 Å². The third kappa shape index (κ3) is 5.94. The zero-order chi connectivity index (χ0) is 23.8. The molecule has 1 N–H and O–H groups in total. The number of carbonyl (C=O) groups excluding carboxylic acids is 2. The first-order valence-corrected chi connectivity index (χ1v) is 10.3. The van der Waals surface area contributed by atoms with Gasteiger partial charge in [-0.25, -0.2) is 9.59 Å². The van der Waals surface area contributed by atoms with Crippen molar-refractivity contribution < 1.29 is 24.0 Å². The maximum atomic E-state index is 13.1. The van der Waals surface area contributed by atoms with Gasteiger partial charge in [-0.1, -0.05) is 30.4 Å². The van der Waals surface area contributed by atoms with E-state index in [2.05, 4.69) is 5.32 Å². The first-order chi connectivity index (χ1) is 15.2. The van der Waals surface area contributed by atoms with Crippen molar-refractivity contribution in [2.75, 3.05) is 6.61 Å². The van der Waals surface area contributed by atoms with Crippen LogP contribution in [0.1, 0.15) is 46.1 Å². The molecule has 1 atom stereocenters. The van der Waals surface area contributed by atoms with Crippen LogP contribution >= 0.6 is 0 Å². The van der Waals surface area contributed by atoms with Crippen molar-refractivity contribution in [2.24, 2.45) is 0 Å². The standard InChI is InChI=1S/C24H28N2O6/c1-6-7-8-9-13-31-23(27)20-16(4)25-17(5)21(24(28)32-15(2)3)22(20)18-11-10-12-19(14-18)26(29)30/h6-12,14-15,22,25H,13H2,1-5H3/b7-6+,9-8+. The molecule has 1 aromatic carbocycles. The van der Waals surface area contributed by atoms with E-state index in [9.17, 15) is 19.7 Å². The van der Waals surface area contributed by atoms with E-state index in [1.807, 2.05) is 13.0 Å². The molecule has 1 aliphatic heterocycles. The molecule has 1 aromatic rings. The zero-order valence-electron chi connectivity index (χ0n) is 18.9. The predicted octanol–water partition coefficient (Wildman–Crippen LogP) is 4.46. The van der Waals surface area contributed by atoms with Crippen LogP contribution in [-0.2, 0) is 19.1 Å². The Morgan fingerprint density at radius 1 is 1.16 bits per heavy atom. The number of hydrogen-bond donors (Lipinski definition) is 1. The number of ether oxygens (including phenoxy) is 2. The van der Waals surface area contributed by atoms with Crippen LogP contribution in [0.3, 0.4) is 0 Å². The Bertz CT molecular complexity index is 1020. The van der Waals surface area contributed by atoms with Crippen LogP contribution in [0.15, 0.2) is 71.1 Å². The molecule has 0 amide bonds. The smallest absolute Gasteiger partial charge is 0.337 e. The van der Waals surface area contributed by atoms with E-state index >= 15 is 0 Å². The van der Waals surface area contributed by atoms with Crippen LogP contribution in [0, 0.1) is 10.1 Å². The number of rotatable bonds is 8. The van der Waals surface area contributed by atoms with Gasteiger partial charge in [-0.2, -0.15) is 0 Å². The lowest BCUT2D eigenvalue weighted by molar-refractivity contribution is -0.384. The van der Waals surface area contributed by atoms with E-state index in [-0.39, 0.29) is 29.5 Å². The minimum atomic E-state index is -0.880. The third-order valence-electron chi connectivity index (χ3n) is 4.71. The van der Waals surface area contributed by atoms with E-state index in [0.717, 1.165) is 0 Å². The third-order valence-corrected chi connectivity index (χ3v) is 4.71. The molecule has 1 aliphatic rings. The van der Waals surface area contributed by atoms with Crippen molar-refractivity contribution in [1.82, 2.24) is 5.32 Å². The Morgan fingerprint density at radius 2 is 1.81 bits per heavy atom. The molecule has 0 fully saturated rings. The number of nitrogens with one attached hydrogen (secondary N) is 1. The summed E-state index contributed by atoms with van der Waals surface area (Å²) in [5.41, 5.74) is 1.70. The van der Waals surface area contributed by atoms with E-state index in [1.165, 1.54) is 18.2 Å². The summed E-state index contributed by atoms with van der Waals surface area (Å²) >= 11 is 0. The minimum Gasteiger partial charge on any atom is -0.460 e. The van der Waals surface area contributed by atoms with Gasteiger partial charge >= 0.3 is 11.9 Å². The minimum absolute atomic E-state index is 0.0378. The molecule has 8 nitrogen and oxygen atoms in total. The van der Waals surface area contributed by atoms with Gasteiger partial charge in [0.25, 0.3) is 5.69 Å². The SMILES string of the molecule is C/C=C/C=C/COC(=O)C1=C(C)NC(C)=C(C(=O)OC(C)C)C1c1cccc([N+](=O)[O-])c1. The summed E-state index contributed by atoms with van der Waals surface area (Å²) in [5, 5.41) is 14.4. The molecule has 8 heteroatoms. The second-order valence-electron chi connectivity index (χ2n) is 7.49. The van der Waals surface area contributed by atoms with Gasteiger partial charge in [-0.15, -0.1) is 0 Å². The highest BCUT2D eigenvalue weighted by atomic mass is 16.6. The summed E-state index contributed by atoms with van der Waals surface area (Å²) < 4.78 is 10.8. The molecule has 2 rings (SSSR count). The summed E-state index contributed by atoms with van der Waals surface area (Å²) in [4.78, 5) is 36.9. The van der Waals surface area contributed by atoms with Crippen molar-refractivity contribution in [2.45, 2.75) is 46.6 Å². The monoisotopic (exact) mass is 440 g/mol. The van der Waals surface area contributed by atoms with E-state index in [1.54, 1.807) is 52.0 Å². The molecule has 0 aromatic heterocycles. The van der Waals surface area contributed by atoms with Crippen molar-refractivity contribution in [3.63, 3.8) is 0 Å². The van der Waals surface area contributed by atoms with Gasteiger partial charge in [0.05, 0.1) is 28.1 Å². The maximum Gasteiger partial charge on any atom is 0.337 e. The second kappa shape index (κ2) is 11.1. The van der Waals surface area contributed by atoms with Crippen molar-refractivity contribution >= 4 is 17.6 Å². The molecular formula is C24H28N2O6. The number of carbonyl (C=O) groups is 2. The quantitative estimate of drug-likeness (QED) is 0.275. The first kappa shape index (κ1) is 24.6. The average molecular weight is 440 g/mol. The van der Waals surface area contributed by atoms with Crippen molar-refractivity contribution in [3.05, 3.63) is 86.8 Å². The Hall–Kier alpha value is -3.68. The Morgan fingerprint density at radius 3 is 2.41 bits per heavy atom. The Balaban J connectivity index is 2.55. The molecule has 0 saturated heterocycles. The van der Waals surface area contributed by atoms with E-state index in [4.69, 9.17) is 9.47 Å². The van der Waals surface area contributed by atoms with Crippen LogP contribution in [0.25, 0.3) is 0 Å². The van der Waals surface area contributed by atoms with Crippen LogP contribution < -0.4 is 5.32 Å². The van der Waals surface area contributed by atoms with Gasteiger partial charge in [-0.3, -0.25) is 10.1 Å². The molecule has 0 saturated carbocycles. The molecular weight excluding hydrogens is 412 g/mol. The molecule has 1 heterocycles. The topological polar surface area (TPSA) is 108 Å². The molecule has 0 bridgehead atoms. The lowest BCUT2D eigenvalue weighted by Crippen LogP contribution is -2.33. The fourth-order valence-electron chi connectivity index (χ4n) is 3.41. The normalized spacial score (nSPS) is 16.6. The highest BCUT2D eigenvalue weighted by Gasteiger charge is 2.38. The number of non-ortho nitro benzene ring substituents is 1. The summed E-state index contributed by atoms with van der Waals surface area (Å²) in [6.07, 6.45) is 6.70. The maximum absolute atomic E-state index is 13.1. The zero-order valence-corrected chi connectivity index (χ0v) is 18.9. The van der Waals surface area contributed by atoms with Crippen LogP contribution in [0.5, 0.6) is 0 Å². The molecule has 32 heavy (non-hydrogen) atoms. The Labute approximate surface area is 187 Å². The number of allylic oxidation sites excluding steroid dienone is 5. The number of benzene rings is 1. The summed E-state index contributed by atoms with van der Waals surface area (Å²) in [6, 6.07) is 5.88. The van der Waals surface area contributed by atoms with Gasteiger partial charge in [-0.05, 0) is 46.3 Å². The van der Waals surface area contributed by atoms with Crippen molar-refractivity contribution in [3.8, 4) is 0 Å². The van der Waals surface area contributed by atoms with Crippen LogP contribution in [0.4, 0.5) is 5.69 Å². The predicted molar refractivity (Wildman–Crippen MR) is 121 cm³/mol. The number of nitro groups is 1. The largest absolute Gasteiger partial charge is 0.460 e. The van der Waals surface area contributed by atoms with E-state index in [0.29, 0.717) is 17.0 Å². The van der Waals surface area contributed by atoms with Crippen LogP contribution in [0.2, 0.25) is 0 Å². The van der Waals surface area contributed by atoms with E-state index < -0.39 is 22.8 Å². The number of hydrogen-bond acceptors (Lipinski definition) is 7. The summed E-state index contributed by atoms with van der Waals surface area (Å²) in [5.74, 6) is -2.11. The lowest BCUT2D eigenvalue weighted by Gasteiger charge is -2.30. The lowest BCUT2D eigenvalue weighted by atomic mass is 9.80. The number of nitrogens with zero attached hydrogens (tertiary/aromatic N) is 1. The van der Waals surface area contributed by atoms with Gasteiger partial charge < -0.3 is 14.8 Å². The number of nitro benzene ring substituents is 1. The average Bonchev–Trinajstić information content (AvgIpc) is 2.72. The van der Waals surface area contributed by atoms with Gasteiger partial charge in [0.15, 0.2) is 0 Å². The molecule has 0 radical (unpaired) electrons. The number of esters is 2. The summed E-state index contributed by atoms with van der Waals surface area (Å²) in [6.45, 7) is 8.75. The first-order valence-electron chi connectivity index (χ1n) is 10.3. The second-order valence-corrected chi connectivity index (χ2v) is 7.49. The molecule has 170 valence electrons. The highest BCUT2D eigenvalue weighted by molar-refractivity contribution is 6.00. The highest BCUT2D eigenvalue weighted by Crippen LogP contribution is 2.40. The summed E-state index contributed by atoms with van der Waals surface area (Å²) in [7, 11) is 0. The van der Waals surface area contributed by atoms with Crippen molar-refractivity contribution in [1.29, 1.82) is 0 Å². The Kier molecular flexibility index (Phi) is 8.52. The molecule has 1 unspecified atom stereocenters. The fourth-order valence-corrected chi connectivity index (χ4v) is 3.41. The van der Waals surface area contributed by atoms with Gasteiger partial charge in [0, 0.05) is 23.5 Å². The number of dihydropyridines is 1. The fraction of sp³-hybridized carbons (Fsp3) is 0.333. The van der Waals surface area contributed by atoms with Gasteiger partial charge in [0.1, 0.15) is 6.61 Å². The molecule has 0 spiro atoms.